The molecule has 6 heteroatoms. The Morgan fingerprint density at radius 2 is 0.746 bits per heavy atom. The van der Waals surface area contributed by atoms with Gasteiger partial charge in [-0.1, -0.05) is 237 Å². The number of aliphatic hydroxyl groups excluding tert-OH is 2. The first-order valence-electron chi connectivity index (χ1n) is 28.1. The van der Waals surface area contributed by atoms with Gasteiger partial charge in [0.05, 0.1) is 25.4 Å². The summed E-state index contributed by atoms with van der Waals surface area (Å²) in [6.45, 7) is 4.87. The summed E-state index contributed by atoms with van der Waals surface area (Å²) in [7, 11) is 0. The predicted molar refractivity (Wildman–Crippen MR) is 273 cm³/mol. The highest BCUT2D eigenvalue weighted by Crippen LogP contribution is 2.17. The predicted octanol–water partition coefficient (Wildman–Crippen LogP) is 17.1. The van der Waals surface area contributed by atoms with E-state index in [-0.39, 0.29) is 18.5 Å². The van der Waals surface area contributed by atoms with Crippen LogP contribution >= 0.6 is 0 Å². The van der Waals surface area contributed by atoms with Crippen LogP contribution in [0.4, 0.5) is 0 Å². The second-order valence-corrected chi connectivity index (χ2v) is 19.3. The lowest BCUT2D eigenvalue weighted by Gasteiger charge is -2.22. The van der Waals surface area contributed by atoms with Gasteiger partial charge in [0.2, 0.25) is 5.91 Å². The van der Waals surface area contributed by atoms with Crippen LogP contribution in [0, 0.1) is 0 Å². The maximum atomic E-state index is 12.5. The molecule has 3 N–H and O–H groups in total. The number of amides is 1. The second-order valence-electron chi connectivity index (χ2n) is 19.3. The Kier molecular flexibility index (Phi) is 51.6. The molecule has 0 fully saturated rings. The summed E-state index contributed by atoms with van der Waals surface area (Å²) in [6, 6.07) is -0.568. The Balaban J connectivity index is 3.51. The van der Waals surface area contributed by atoms with Gasteiger partial charge in [-0.25, -0.2) is 0 Å². The van der Waals surface area contributed by atoms with Crippen molar-refractivity contribution in [2.75, 3.05) is 13.2 Å². The molecule has 0 aromatic carbocycles. The van der Waals surface area contributed by atoms with Crippen LogP contribution in [0.2, 0.25) is 0 Å². The van der Waals surface area contributed by atoms with Crippen molar-refractivity contribution < 1.29 is 24.5 Å². The maximum Gasteiger partial charge on any atom is 0.305 e. The molecule has 0 saturated carbocycles. The molecule has 0 rings (SSSR count). The molecular formula is C57H109NO5. The van der Waals surface area contributed by atoms with Crippen molar-refractivity contribution in [2.24, 2.45) is 0 Å². The molecule has 0 aliphatic carbocycles. The van der Waals surface area contributed by atoms with Crippen molar-refractivity contribution in [3.63, 3.8) is 0 Å². The number of carbonyl (C=O) groups excluding carboxylic acids is 2. The summed E-state index contributed by atoms with van der Waals surface area (Å²) in [5.41, 5.74) is 0. The topological polar surface area (TPSA) is 95.9 Å². The summed E-state index contributed by atoms with van der Waals surface area (Å²) >= 11 is 0. The van der Waals surface area contributed by atoms with Crippen molar-refractivity contribution in [3.05, 3.63) is 24.3 Å². The van der Waals surface area contributed by atoms with Crippen LogP contribution in [-0.4, -0.2) is 47.4 Å². The minimum absolute atomic E-state index is 0.0442. The fourth-order valence-electron chi connectivity index (χ4n) is 8.63. The molecule has 372 valence electrons. The summed E-state index contributed by atoms with van der Waals surface area (Å²) in [5.74, 6) is -0.113. The Morgan fingerprint density at radius 1 is 0.429 bits per heavy atom. The average Bonchev–Trinajstić information content (AvgIpc) is 3.28. The van der Waals surface area contributed by atoms with E-state index in [2.05, 4.69) is 43.5 Å². The number of carbonyl (C=O) groups is 2. The van der Waals surface area contributed by atoms with Crippen molar-refractivity contribution in [1.82, 2.24) is 5.32 Å². The van der Waals surface area contributed by atoms with E-state index in [1.165, 1.54) is 193 Å². The highest BCUT2D eigenvalue weighted by molar-refractivity contribution is 5.76. The van der Waals surface area contributed by atoms with Crippen LogP contribution in [0.5, 0.6) is 0 Å². The zero-order valence-corrected chi connectivity index (χ0v) is 42.3. The molecule has 0 heterocycles. The van der Waals surface area contributed by atoms with E-state index >= 15 is 0 Å². The van der Waals surface area contributed by atoms with Crippen molar-refractivity contribution in [1.29, 1.82) is 0 Å². The minimum Gasteiger partial charge on any atom is -0.466 e. The Bertz CT molecular complexity index is 982. The first-order valence-corrected chi connectivity index (χ1v) is 28.1. The number of rotatable bonds is 52. The molecule has 0 aromatic heterocycles. The van der Waals surface area contributed by atoms with E-state index in [1.54, 1.807) is 0 Å². The maximum absolute atomic E-state index is 12.5. The molecule has 0 aliphatic heterocycles. The zero-order chi connectivity index (χ0) is 45.8. The third-order valence-corrected chi connectivity index (χ3v) is 13.0. The van der Waals surface area contributed by atoms with E-state index in [0.717, 1.165) is 77.0 Å². The average molecular weight is 889 g/mol. The van der Waals surface area contributed by atoms with Crippen molar-refractivity contribution >= 4 is 11.9 Å². The van der Waals surface area contributed by atoms with Crippen LogP contribution in [0.1, 0.15) is 303 Å². The molecule has 1 amide bonds. The molecule has 2 unspecified atom stereocenters. The molecule has 0 spiro atoms. The number of ether oxygens (including phenoxy) is 1. The monoisotopic (exact) mass is 888 g/mol. The van der Waals surface area contributed by atoms with Gasteiger partial charge in [0, 0.05) is 12.8 Å². The molecule has 63 heavy (non-hydrogen) atoms. The Labute approximate surface area is 392 Å². The highest BCUT2D eigenvalue weighted by atomic mass is 16.5. The minimum atomic E-state index is -0.687. The molecule has 2 atom stereocenters. The molecular weight excluding hydrogens is 779 g/mol. The lowest BCUT2D eigenvalue weighted by molar-refractivity contribution is -0.143. The fraction of sp³-hybridized carbons (Fsp3) is 0.895. The lowest BCUT2D eigenvalue weighted by atomic mass is 10.0. The number of hydrogen-bond donors (Lipinski definition) is 3. The third-order valence-electron chi connectivity index (χ3n) is 13.0. The lowest BCUT2D eigenvalue weighted by Crippen LogP contribution is -2.45. The van der Waals surface area contributed by atoms with Crippen molar-refractivity contribution in [2.45, 2.75) is 315 Å². The normalized spacial score (nSPS) is 12.8. The van der Waals surface area contributed by atoms with E-state index in [4.69, 9.17) is 4.74 Å². The van der Waals surface area contributed by atoms with Gasteiger partial charge in [0.1, 0.15) is 0 Å². The summed E-state index contributed by atoms with van der Waals surface area (Å²) in [6.07, 6.45) is 63.1. The van der Waals surface area contributed by atoms with Crippen LogP contribution in [0.3, 0.4) is 0 Å². The first kappa shape index (κ1) is 61.3. The van der Waals surface area contributed by atoms with E-state index in [1.807, 2.05) is 0 Å². The van der Waals surface area contributed by atoms with Gasteiger partial charge >= 0.3 is 5.97 Å². The van der Waals surface area contributed by atoms with Gasteiger partial charge in [-0.2, -0.15) is 0 Å². The Morgan fingerprint density at radius 3 is 1.13 bits per heavy atom. The smallest absolute Gasteiger partial charge is 0.305 e. The van der Waals surface area contributed by atoms with Crippen LogP contribution in [0.15, 0.2) is 24.3 Å². The van der Waals surface area contributed by atoms with Gasteiger partial charge < -0.3 is 20.3 Å². The van der Waals surface area contributed by atoms with Gasteiger partial charge in [0.25, 0.3) is 0 Å². The number of hydrogen-bond acceptors (Lipinski definition) is 5. The van der Waals surface area contributed by atoms with Gasteiger partial charge in [0.15, 0.2) is 0 Å². The van der Waals surface area contributed by atoms with Gasteiger partial charge in [-0.05, 0) is 77.0 Å². The number of allylic oxidation sites excluding steroid dienone is 4. The zero-order valence-electron chi connectivity index (χ0n) is 42.3. The van der Waals surface area contributed by atoms with Crippen molar-refractivity contribution in [3.8, 4) is 0 Å². The highest BCUT2D eigenvalue weighted by Gasteiger charge is 2.20. The summed E-state index contributed by atoms with van der Waals surface area (Å²) in [4.78, 5) is 24.5. The standard InChI is InChI=1S/C57H109NO5/c1-3-5-7-9-11-13-15-17-19-20-21-22-23-24-25-26-27-29-33-37-41-45-49-55(60)54(53-59)58-56(61)50-46-42-38-34-31-32-36-40-44-48-52-63-57(62)51-47-43-39-35-30-28-18-16-14-12-10-8-6-4-2/h16,18,32,36,54-55,59-60H,3-15,17,19-31,33-35,37-53H2,1-2H3,(H,58,61)/b18-16-,36-32-. The molecule has 0 aromatic rings. The number of unbranched alkanes of at least 4 members (excludes halogenated alkanes) is 37. The second kappa shape index (κ2) is 53.0. The SMILES string of the molecule is CCCCCCC/C=C\CCCCCCCC(=O)OCCCC/C=C\CCCCCCC(=O)NC(CO)C(O)CCCCCCCCCCCCCCCCCCCCCCCC. The molecule has 0 bridgehead atoms. The summed E-state index contributed by atoms with van der Waals surface area (Å²) < 4.78 is 5.43. The third kappa shape index (κ3) is 49.6. The van der Waals surface area contributed by atoms with Crippen LogP contribution < -0.4 is 5.32 Å². The van der Waals surface area contributed by atoms with Crippen LogP contribution in [0.25, 0.3) is 0 Å². The quantitative estimate of drug-likeness (QED) is 0.0321. The number of aliphatic hydroxyl groups is 2. The molecule has 0 aliphatic rings. The van der Waals surface area contributed by atoms with Gasteiger partial charge in [-0.15, -0.1) is 0 Å². The van der Waals surface area contributed by atoms with Gasteiger partial charge in [-0.3, -0.25) is 9.59 Å². The van der Waals surface area contributed by atoms with E-state index < -0.39 is 12.1 Å². The number of esters is 1. The largest absolute Gasteiger partial charge is 0.466 e. The molecule has 6 nitrogen and oxygen atoms in total. The number of nitrogens with one attached hydrogen (secondary N) is 1. The Hall–Kier alpha value is -1.66. The fourth-order valence-corrected chi connectivity index (χ4v) is 8.63. The summed E-state index contributed by atoms with van der Waals surface area (Å²) in [5, 5.41) is 23.3. The molecule has 0 radical (unpaired) electrons. The molecule has 0 saturated heterocycles. The van der Waals surface area contributed by atoms with E-state index in [0.29, 0.717) is 25.9 Å². The van der Waals surface area contributed by atoms with E-state index in [9.17, 15) is 19.8 Å². The first-order chi connectivity index (χ1) is 31.0. The van der Waals surface area contributed by atoms with Crippen LogP contribution in [-0.2, 0) is 14.3 Å².